The summed E-state index contributed by atoms with van der Waals surface area (Å²) in [6.45, 7) is 2.98. The van der Waals surface area contributed by atoms with Crippen LogP contribution in [0.25, 0.3) is 11.4 Å². The third kappa shape index (κ3) is 4.80. The number of nitrogens with zero attached hydrogens (tertiary/aromatic N) is 4. The lowest BCUT2D eigenvalue weighted by Gasteiger charge is -2.21. The molecular weight excluding hydrogens is 430 g/mol. The number of carbonyl (C=O) groups is 1. The Morgan fingerprint density at radius 1 is 1.07 bits per heavy atom. The zero-order chi connectivity index (χ0) is 21.1. The molecule has 0 atom stereocenters. The third-order valence-corrected chi connectivity index (χ3v) is 5.55. The van der Waals surface area contributed by atoms with Gasteiger partial charge in [-0.1, -0.05) is 28.4 Å². The molecule has 1 saturated heterocycles. The van der Waals surface area contributed by atoms with E-state index in [-0.39, 0.29) is 16.5 Å². The van der Waals surface area contributed by atoms with Crippen LogP contribution in [0.1, 0.15) is 22.7 Å². The van der Waals surface area contributed by atoms with E-state index in [4.69, 9.17) is 27.7 Å². The highest BCUT2D eigenvalue weighted by molar-refractivity contribution is 6.33. The molecule has 30 heavy (non-hydrogen) atoms. The van der Waals surface area contributed by atoms with Gasteiger partial charge in [0.15, 0.2) is 0 Å². The van der Waals surface area contributed by atoms with Gasteiger partial charge < -0.3 is 9.42 Å². The lowest BCUT2D eigenvalue weighted by molar-refractivity contribution is 0.0760. The summed E-state index contributed by atoms with van der Waals surface area (Å²) in [6.07, 6.45) is 0.775. The van der Waals surface area contributed by atoms with Crippen LogP contribution in [-0.2, 0) is 6.54 Å². The molecule has 4 rings (SSSR count). The average molecular weight is 449 g/mol. The average Bonchev–Trinajstić information content (AvgIpc) is 3.07. The fraction of sp³-hybridized carbons (Fsp3) is 0.286. The number of halogens is 3. The highest BCUT2D eigenvalue weighted by Gasteiger charge is 2.23. The van der Waals surface area contributed by atoms with Crippen LogP contribution in [0.2, 0.25) is 10.0 Å². The monoisotopic (exact) mass is 448 g/mol. The van der Waals surface area contributed by atoms with Crippen LogP contribution in [0.15, 0.2) is 47.0 Å². The van der Waals surface area contributed by atoms with Gasteiger partial charge >= 0.3 is 0 Å². The fourth-order valence-corrected chi connectivity index (χ4v) is 3.71. The summed E-state index contributed by atoms with van der Waals surface area (Å²) >= 11 is 12.0. The van der Waals surface area contributed by atoms with Crippen LogP contribution in [-0.4, -0.2) is 52.0 Å². The molecule has 9 heteroatoms. The standard InChI is InChI=1S/C21H19Cl2FN4O2/c22-15-4-2-14(3-5-15)20-25-19(30-26-20)13-27-8-1-9-28(11-10-27)21(29)17-12-16(24)6-7-18(17)23/h2-7,12H,1,8-11,13H2. The van der Waals surface area contributed by atoms with E-state index in [0.717, 1.165) is 18.5 Å². The Morgan fingerprint density at radius 2 is 1.87 bits per heavy atom. The molecule has 156 valence electrons. The zero-order valence-corrected chi connectivity index (χ0v) is 17.5. The molecule has 0 unspecified atom stereocenters. The smallest absolute Gasteiger partial charge is 0.255 e. The number of amides is 1. The Morgan fingerprint density at radius 3 is 2.67 bits per heavy atom. The topological polar surface area (TPSA) is 62.5 Å². The predicted octanol–water partition coefficient (Wildman–Crippen LogP) is 4.53. The van der Waals surface area contributed by atoms with Crippen LogP contribution in [0.4, 0.5) is 4.39 Å². The minimum atomic E-state index is -0.480. The summed E-state index contributed by atoms with van der Waals surface area (Å²) in [5.74, 6) is 0.276. The van der Waals surface area contributed by atoms with E-state index in [0.29, 0.717) is 42.9 Å². The molecule has 1 aliphatic rings. The summed E-state index contributed by atoms with van der Waals surface area (Å²) in [6, 6.07) is 11.1. The van der Waals surface area contributed by atoms with Gasteiger partial charge in [-0.15, -0.1) is 0 Å². The normalized spacial score (nSPS) is 15.2. The van der Waals surface area contributed by atoms with E-state index in [1.54, 1.807) is 17.0 Å². The second-order valence-electron chi connectivity index (χ2n) is 7.06. The van der Waals surface area contributed by atoms with Crippen molar-refractivity contribution in [3.05, 3.63) is 69.8 Å². The van der Waals surface area contributed by atoms with E-state index in [1.165, 1.54) is 18.2 Å². The van der Waals surface area contributed by atoms with Crippen LogP contribution in [0.5, 0.6) is 0 Å². The molecule has 1 amide bonds. The van der Waals surface area contributed by atoms with E-state index in [1.807, 2.05) is 12.1 Å². The van der Waals surface area contributed by atoms with Crippen LogP contribution >= 0.6 is 23.2 Å². The summed E-state index contributed by atoms with van der Waals surface area (Å²) in [5.41, 5.74) is 1.02. The van der Waals surface area contributed by atoms with Crippen LogP contribution < -0.4 is 0 Å². The quantitative estimate of drug-likeness (QED) is 0.586. The molecule has 0 aliphatic carbocycles. The zero-order valence-electron chi connectivity index (χ0n) is 16.0. The molecule has 0 radical (unpaired) electrons. The number of benzene rings is 2. The van der Waals surface area contributed by atoms with Gasteiger partial charge in [-0.05, 0) is 48.9 Å². The molecule has 3 aromatic rings. The van der Waals surface area contributed by atoms with Gasteiger partial charge in [0.2, 0.25) is 11.7 Å². The first kappa shape index (κ1) is 20.8. The molecule has 0 N–H and O–H groups in total. The van der Waals surface area contributed by atoms with Crippen molar-refractivity contribution in [1.82, 2.24) is 19.9 Å². The summed E-state index contributed by atoms with van der Waals surface area (Å²) in [7, 11) is 0. The molecule has 2 heterocycles. The minimum Gasteiger partial charge on any atom is -0.338 e. The molecule has 2 aromatic carbocycles. The largest absolute Gasteiger partial charge is 0.338 e. The fourth-order valence-electron chi connectivity index (χ4n) is 3.39. The first-order valence-electron chi connectivity index (χ1n) is 9.55. The van der Waals surface area contributed by atoms with E-state index in [9.17, 15) is 9.18 Å². The number of aromatic nitrogens is 2. The van der Waals surface area contributed by atoms with E-state index >= 15 is 0 Å². The Labute approximate surface area is 183 Å². The van der Waals surface area contributed by atoms with Crippen molar-refractivity contribution < 1.29 is 13.7 Å². The van der Waals surface area contributed by atoms with Gasteiger partial charge in [-0.2, -0.15) is 4.98 Å². The number of hydrogen-bond acceptors (Lipinski definition) is 5. The third-order valence-electron chi connectivity index (χ3n) is 4.96. The van der Waals surface area contributed by atoms with Gasteiger partial charge in [-0.25, -0.2) is 4.39 Å². The lowest BCUT2D eigenvalue weighted by Crippen LogP contribution is -2.35. The maximum absolute atomic E-state index is 13.5. The maximum atomic E-state index is 13.5. The predicted molar refractivity (Wildman–Crippen MR) is 112 cm³/mol. The first-order chi connectivity index (χ1) is 14.5. The first-order valence-corrected chi connectivity index (χ1v) is 10.3. The summed E-state index contributed by atoms with van der Waals surface area (Å²) < 4.78 is 18.9. The van der Waals surface area contributed by atoms with E-state index in [2.05, 4.69) is 15.0 Å². The molecule has 0 spiro atoms. The van der Waals surface area contributed by atoms with Gasteiger partial charge in [0.1, 0.15) is 5.82 Å². The molecule has 0 bridgehead atoms. The maximum Gasteiger partial charge on any atom is 0.255 e. The highest BCUT2D eigenvalue weighted by Crippen LogP contribution is 2.21. The second kappa shape index (κ2) is 9.12. The number of carbonyl (C=O) groups excluding carboxylic acids is 1. The van der Waals surface area contributed by atoms with Crippen molar-refractivity contribution in [1.29, 1.82) is 0 Å². The molecule has 1 aromatic heterocycles. The summed E-state index contributed by atoms with van der Waals surface area (Å²) in [5, 5.41) is 4.93. The lowest BCUT2D eigenvalue weighted by atomic mass is 10.2. The van der Waals surface area contributed by atoms with Crippen molar-refractivity contribution in [2.24, 2.45) is 0 Å². The van der Waals surface area contributed by atoms with Crippen LogP contribution in [0, 0.1) is 5.82 Å². The van der Waals surface area contributed by atoms with Crippen molar-refractivity contribution >= 4 is 29.1 Å². The Balaban J connectivity index is 1.38. The Hall–Kier alpha value is -2.48. The number of hydrogen-bond donors (Lipinski definition) is 0. The Kier molecular flexibility index (Phi) is 6.32. The van der Waals surface area contributed by atoms with Crippen molar-refractivity contribution in [2.45, 2.75) is 13.0 Å². The van der Waals surface area contributed by atoms with Crippen molar-refractivity contribution in [3.63, 3.8) is 0 Å². The minimum absolute atomic E-state index is 0.189. The van der Waals surface area contributed by atoms with Crippen LogP contribution in [0.3, 0.4) is 0 Å². The molecule has 6 nitrogen and oxygen atoms in total. The molecule has 0 saturated carbocycles. The number of rotatable bonds is 4. The van der Waals surface area contributed by atoms with Gasteiger partial charge in [0.05, 0.1) is 17.1 Å². The van der Waals surface area contributed by atoms with Gasteiger partial charge in [0.25, 0.3) is 5.91 Å². The van der Waals surface area contributed by atoms with Crippen molar-refractivity contribution in [2.75, 3.05) is 26.2 Å². The van der Waals surface area contributed by atoms with Gasteiger partial charge in [-0.3, -0.25) is 9.69 Å². The molecular formula is C21H19Cl2FN4O2. The second-order valence-corrected chi connectivity index (χ2v) is 7.91. The van der Waals surface area contributed by atoms with Crippen molar-refractivity contribution in [3.8, 4) is 11.4 Å². The summed E-state index contributed by atoms with van der Waals surface area (Å²) in [4.78, 5) is 21.1. The highest BCUT2D eigenvalue weighted by atomic mass is 35.5. The molecule has 1 fully saturated rings. The van der Waals surface area contributed by atoms with E-state index < -0.39 is 5.82 Å². The molecule has 1 aliphatic heterocycles. The Bertz CT molecular complexity index is 1040. The van der Waals surface area contributed by atoms with Gasteiger partial charge in [0, 0.05) is 36.8 Å². The SMILES string of the molecule is O=C(c1cc(F)ccc1Cl)N1CCCN(Cc2nc(-c3ccc(Cl)cc3)no2)CC1.